The van der Waals surface area contributed by atoms with E-state index >= 15 is 0 Å². The lowest BCUT2D eigenvalue weighted by Gasteiger charge is -2.38. The number of hydrogen-bond donors (Lipinski definition) is 1. The zero-order chi connectivity index (χ0) is 15.0. The van der Waals surface area contributed by atoms with Gasteiger partial charge in [0.25, 0.3) is 0 Å². The van der Waals surface area contributed by atoms with Gasteiger partial charge in [-0.15, -0.1) is 0 Å². The zero-order valence-electron chi connectivity index (χ0n) is 13.4. The third-order valence-corrected chi connectivity index (χ3v) is 4.64. The van der Waals surface area contributed by atoms with Crippen molar-refractivity contribution >= 4 is 6.09 Å². The van der Waals surface area contributed by atoms with Crippen molar-refractivity contribution < 1.29 is 9.53 Å². The second-order valence-electron chi connectivity index (χ2n) is 7.85. The molecule has 0 aromatic carbocycles. The number of piperidine rings is 1. The Morgan fingerprint density at radius 1 is 1.40 bits per heavy atom. The number of ether oxygens (including phenoxy) is 1. The summed E-state index contributed by atoms with van der Waals surface area (Å²) >= 11 is 0. The number of nitrogens with zero attached hydrogens (tertiary/aromatic N) is 1. The van der Waals surface area contributed by atoms with E-state index in [4.69, 9.17) is 10.5 Å². The summed E-state index contributed by atoms with van der Waals surface area (Å²) in [5.74, 6) is 1.24. The molecule has 2 N–H and O–H groups in total. The average Bonchev–Trinajstić information content (AvgIpc) is 3.04. The molecule has 0 radical (unpaired) electrons. The van der Waals surface area contributed by atoms with E-state index in [-0.39, 0.29) is 11.6 Å². The fourth-order valence-corrected chi connectivity index (χ4v) is 3.00. The summed E-state index contributed by atoms with van der Waals surface area (Å²) in [6, 6.07) is 0. The summed E-state index contributed by atoms with van der Waals surface area (Å²) in [6.45, 7) is 9.63. The molecule has 4 heteroatoms. The van der Waals surface area contributed by atoms with Crippen LogP contribution in [-0.2, 0) is 4.74 Å². The number of carbonyl (C=O) groups excluding carboxylic acids is 1. The average molecular weight is 282 g/mol. The highest BCUT2D eigenvalue weighted by atomic mass is 16.6. The van der Waals surface area contributed by atoms with Gasteiger partial charge in [-0.25, -0.2) is 4.79 Å². The molecule has 1 aliphatic heterocycles. The lowest BCUT2D eigenvalue weighted by molar-refractivity contribution is 0.0108. The first-order chi connectivity index (χ1) is 9.19. The Morgan fingerprint density at radius 3 is 2.55 bits per heavy atom. The molecule has 1 aliphatic carbocycles. The predicted octanol–water partition coefficient (Wildman–Crippen LogP) is 3.15. The van der Waals surface area contributed by atoms with Gasteiger partial charge in [0.05, 0.1) is 0 Å². The van der Waals surface area contributed by atoms with E-state index in [9.17, 15) is 4.79 Å². The first kappa shape index (κ1) is 15.6. The molecule has 0 aromatic heterocycles. The quantitative estimate of drug-likeness (QED) is 0.865. The Bertz CT molecular complexity index is 358. The van der Waals surface area contributed by atoms with Gasteiger partial charge in [0.2, 0.25) is 0 Å². The van der Waals surface area contributed by atoms with Crippen LogP contribution < -0.4 is 5.73 Å². The van der Waals surface area contributed by atoms with Crippen molar-refractivity contribution in [3.05, 3.63) is 0 Å². The third-order valence-electron chi connectivity index (χ3n) is 4.64. The Balaban J connectivity index is 1.77. The van der Waals surface area contributed by atoms with Crippen LogP contribution in [0.3, 0.4) is 0 Å². The van der Waals surface area contributed by atoms with Crippen LogP contribution in [0.25, 0.3) is 0 Å². The second kappa shape index (κ2) is 5.55. The largest absolute Gasteiger partial charge is 0.444 e. The highest BCUT2D eigenvalue weighted by Crippen LogP contribution is 2.39. The number of nitrogens with two attached hydrogens (primary N) is 1. The van der Waals surface area contributed by atoms with Crippen LogP contribution in [0, 0.1) is 11.8 Å². The standard InChI is InChI=1S/C16H30N2O2/c1-12-11-18(14(19)20-15(2,3)4)10-6-13(12)5-7-16(17)8-9-16/h12-13H,5-11,17H2,1-4H3. The van der Waals surface area contributed by atoms with Crippen LogP contribution in [0.2, 0.25) is 0 Å². The van der Waals surface area contributed by atoms with E-state index in [0.29, 0.717) is 11.8 Å². The molecule has 1 heterocycles. The number of amides is 1. The Kier molecular flexibility index (Phi) is 4.33. The summed E-state index contributed by atoms with van der Waals surface area (Å²) < 4.78 is 5.45. The molecule has 1 amide bonds. The fraction of sp³-hybridized carbons (Fsp3) is 0.938. The molecule has 0 bridgehead atoms. The van der Waals surface area contributed by atoms with Gasteiger partial charge >= 0.3 is 6.09 Å². The minimum atomic E-state index is -0.408. The highest BCUT2D eigenvalue weighted by molar-refractivity contribution is 5.68. The number of rotatable bonds is 3. The minimum Gasteiger partial charge on any atom is -0.444 e. The number of hydrogen-bond acceptors (Lipinski definition) is 3. The lowest BCUT2D eigenvalue weighted by Crippen LogP contribution is -2.45. The molecule has 1 saturated heterocycles. The van der Waals surface area contributed by atoms with E-state index < -0.39 is 5.60 Å². The van der Waals surface area contributed by atoms with Crippen LogP contribution in [0.5, 0.6) is 0 Å². The summed E-state index contributed by atoms with van der Waals surface area (Å²) in [6.07, 6.45) is 5.65. The van der Waals surface area contributed by atoms with Crippen molar-refractivity contribution in [1.29, 1.82) is 0 Å². The molecule has 116 valence electrons. The molecule has 2 aliphatic rings. The normalized spacial score (nSPS) is 29.1. The van der Waals surface area contributed by atoms with Crippen LogP contribution >= 0.6 is 0 Å². The van der Waals surface area contributed by atoms with Crippen LogP contribution in [0.15, 0.2) is 0 Å². The van der Waals surface area contributed by atoms with Gasteiger partial charge < -0.3 is 15.4 Å². The molecular formula is C16H30N2O2. The van der Waals surface area contributed by atoms with Crippen molar-refractivity contribution in [2.75, 3.05) is 13.1 Å². The Morgan fingerprint density at radius 2 is 2.05 bits per heavy atom. The predicted molar refractivity (Wildman–Crippen MR) is 80.5 cm³/mol. The van der Waals surface area contributed by atoms with E-state index in [1.54, 1.807) is 0 Å². The van der Waals surface area contributed by atoms with Crippen LogP contribution in [0.1, 0.15) is 59.8 Å². The van der Waals surface area contributed by atoms with Gasteiger partial charge in [-0.2, -0.15) is 0 Å². The Hall–Kier alpha value is -0.770. The summed E-state index contributed by atoms with van der Waals surface area (Å²) in [7, 11) is 0. The minimum absolute atomic E-state index is 0.155. The highest BCUT2D eigenvalue weighted by Gasteiger charge is 2.39. The van der Waals surface area contributed by atoms with Crippen molar-refractivity contribution in [3.63, 3.8) is 0 Å². The molecule has 1 saturated carbocycles. The maximum Gasteiger partial charge on any atom is 0.410 e. The monoisotopic (exact) mass is 282 g/mol. The second-order valence-corrected chi connectivity index (χ2v) is 7.85. The smallest absolute Gasteiger partial charge is 0.410 e. The van der Waals surface area contributed by atoms with E-state index in [2.05, 4.69) is 6.92 Å². The third kappa shape index (κ3) is 4.37. The molecule has 0 aromatic rings. The van der Waals surface area contributed by atoms with Crippen LogP contribution in [0.4, 0.5) is 4.79 Å². The van der Waals surface area contributed by atoms with Crippen molar-refractivity contribution in [3.8, 4) is 0 Å². The lowest BCUT2D eigenvalue weighted by atomic mass is 9.82. The van der Waals surface area contributed by atoms with Gasteiger partial charge in [-0.3, -0.25) is 0 Å². The van der Waals surface area contributed by atoms with Crippen molar-refractivity contribution in [2.24, 2.45) is 17.6 Å². The SMILES string of the molecule is CC1CN(C(=O)OC(C)(C)C)CCC1CCC1(N)CC1. The summed E-state index contributed by atoms with van der Waals surface area (Å²) in [4.78, 5) is 13.9. The maximum atomic E-state index is 12.1. The molecule has 20 heavy (non-hydrogen) atoms. The van der Waals surface area contributed by atoms with Crippen molar-refractivity contribution in [2.45, 2.75) is 70.9 Å². The molecule has 2 fully saturated rings. The number of carbonyl (C=O) groups is 1. The van der Waals surface area contributed by atoms with Gasteiger partial charge in [0, 0.05) is 18.6 Å². The van der Waals surface area contributed by atoms with Crippen molar-refractivity contribution in [1.82, 2.24) is 4.90 Å². The van der Waals surface area contributed by atoms with Gasteiger partial charge in [-0.05, 0) is 64.7 Å². The fourth-order valence-electron chi connectivity index (χ4n) is 3.00. The van der Waals surface area contributed by atoms with Gasteiger partial charge in [0.1, 0.15) is 5.60 Å². The van der Waals surface area contributed by atoms with E-state index in [0.717, 1.165) is 25.9 Å². The van der Waals surface area contributed by atoms with Gasteiger partial charge in [-0.1, -0.05) is 6.92 Å². The topological polar surface area (TPSA) is 55.6 Å². The molecule has 2 rings (SSSR count). The zero-order valence-corrected chi connectivity index (χ0v) is 13.4. The molecular weight excluding hydrogens is 252 g/mol. The van der Waals surface area contributed by atoms with E-state index in [1.165, 1.54) is 19.3 Å². The molecule has 0 spiro atoms. The summed E-state index contributed by atoms with van der Waals surface area (Å²) in [5.41, 5.74) is 5.92. The number of likely N-dealkylation sites (tertiary alicyclic amines) is 1. The van der Waals surface area contributed by atoms with Crippen LogP contribution in [-0.4, -0.2) is 35.2 Å². The first-order valence-electron chi connectivity index (χ1n) is 7.95. The van der Waals surface area contributed by atoms with Gasteiger partial charge in [0.15, 0.2) is 0 Å². The molecule has 2 unspecified atom stereocenters. The van der Waals surface area contributed by atoms with E-state index in [1.807, 2.05) is 25.7 Å². The Labute approximate surface area is 123 Å². The first-order valence-corrected chi connectivity index (χ1v) is 7.95. The maximum absolute atomic E-state index is 12.1. The summed E-state index contributed by atoms with van der Waals surface area (Å²) in [5, 5.41) is 0. The molecule has 2 atom stereocenters. The molecule has 4 nitrogen and oxygen atoms in total.